The zero-order chi connectivity index (χ0) is 11.9. The zero-order valence-electron chi connectivity index (χ0n) is 9.35. The van der Waals surface area contributed by atoms with Crippen LogP contribution < -0.4 is 14.4 Å². The van der Waals surface area contributed by atoms with Crippen LogP contribution in [0.25, 0.3) is 0 Å². The van der Waals surface area contributed by atoms with E-state index in [-0.39, 0.29) is 5.91 Å². The van der Waals surface area contributed by atoms with Gasteiger partial charge in [0.2, 0.25) is 0 Å². The molecule has 0 aromatic heterocycles. The molecule has 1 atom stereocenters. The summed E-state index contributed by atoms with van der Waals surface area (Å²) < 4.78 is 10.3. The highest BCUT2D eigenvalue weighted by Crippen LogP contribution is 2.42. The molecule has 0 aliphatic carbocycles. The van der Waals surface area contributed by atoms with E-state index in [1.165, 1.54) is 19.1 Å². The normalized spacial score (nSPS) is 18.6. The van der Waals surface area contributed by atoms with E-state index in [2.05, 4.69) is 0 Å². The number of benzene rings is 1. The van der Waals surface area contributed by atoms with Crippen LogP contribution in [-0.2, 0) is 4.79 Å². The van der Waals surface area contributed by atoms with Crippen molar-refractivity contribution in [3.63, 3.8) is 0 Å². The number of ether oxygens (including phenoxy) is 2. The molecule has 2 rings (SSSR count). The van der Waals surface area contributed by atoms with Crippen LogP contribution in [0.5, 0.6) is 11.5 Å². The standard InChI is InChI=1S/C11H13NO4/c1-12-7-5-9(16-3)8(15-2)4-6(7)10(13)11(12)14/h4-5,10,13H,1-3H3/t10-/m1/s1. The fourth-order valence-corrected chi connectivity index (χ4v) is 1.83. The molecule has 1 amide bonds. The first kappa shape index (κ1) is 10.8. The van der Waals surface area contributed by atoms with Crippen molar-refractivity contribution in [3.8, 4) is 11.5 Å². The van der Waals surface area contributed by atoms with Crippen molar-refractivity contribution in [3.05, 3.63) is 17.7 Å². The molecule has 5 nitrogen and oxygen atoms in total. The van der Waals surface area contributed by atoms with Gasteiger partial charge >= 0.3 is 0 Å². The summed E-state index contributed by atoms with van der Waals surface area (Å²) in [7, 11) is 4.65. The van der Waals surface area contributed by atoms with Crippen molar-refractivity contribution in [2.75, 3.05) is 26.2 Å². The van der Waals surface area contributed by atoms with Crippen LogP contribution in [0.3, 0.4) is 0 Å². The van der Waals surface area contributed by atoms with Gasteiger partial charge in [-0.2, -0.15) is 0 Å². The van der Waals surface area contributed by atoms with Crippen LogP contribution in [0, 0.1) is 0 Å². The maximum absolute atomic E-state index is 11.6. The number of hydrogen-bond acceptors (Lipinski definition) is 4. The number of aliphatic hydroxyl groups excluding tert-OH is 1. The van der Waals surface area contributed by atoms with E-state index < -0.39 is 6.10 Å². The van der Waals surface area contributed by atoms with Gasteiger partial charge in [0.15, 0.2) is 17.6 Å². The number of fused-ring (bicyclic) bond motifs is 1. The average molecular weight is 223 g/mol. The van der Waals surface area contributed by atoms with Crippen LogP contribution in [0.15, 0.2) is 12.1 Å². The fourth-order valence-electron chi connectivity index (χ4n) is 1.83. The molecule has 1 N–H and O–H groups in total. The lowest BCUT2D eigenvalue weighted by atomic mass is 10.1. The first-order chi connectivity index (χ1) is 7.60. The van der Waals surface area contributed by atoms with Crippen molar-refractivity contribution in [2.24, 2.45) is 0 Å². The predicted octanol–water partition coefficient (Wildman–Crippen LogP) is 0.714. The molecule has 0 unspecified atom stereocenters. The van der Waals surface area contributed by atoms with Crippen molar-refractivity contribution in [1.29, 1.82) is 0 Å². The third-order valence-electron chi connectivity index (χ3n) is 2.75. The van der Waals surface area contributed by atoms with E-state index in [1.807, 2.05) is 0 Å². The Bertz CT molecular complexity index is 405. The second kappa shape index (κ2) is 3.68. The average Bonchev–Trinajstić information content (AvgIpc) is 2.52. The van der Waals surface area contributed by atoms with E-state index in [0.29, 0.717) is 22.7 Å². The van der Waals surface area contributed by atoms with Crippen molar-refractivity contribution < 1.29 is 19.4 Å². The van der Waals surface area contributed by atoms with Crippen LogP contribution in [0.1, 0.15) is 11.7 Å². The Kier molecular flexibility index (Phi) is 2.47. The number of rotatable bonds is 2. The molecule has 1 aromatic carbocycles. The highest BCUT2D eigenvalue weighted by molar-refractivity contribution is 6.03. The van der Waals surface area contributed by atoms with E-state index >= 15 is 0 Å². The first-order valence-electron chi connectivity index (χ1n) is 4.81. The first-order valence-corrected chi connectivity index (χ1v) is 4.81. The smallest absolute Gasteiger partial charge is 0.260 e. The third kappa shape index (κ3) is 1.32. The van der Waals surface area contributed by atoms with Crippen molar-refractivity contribution >= 4 is 11.6 Å². The van der Waals surface area contributed by atoms with Gasteiger partial charge in [0.1, 0.15) is 0 Å². The SMILES string of the molecule is COc1cc2c(cc1OC)N(C)C(=O)[C@@H]2O. The van der Waals surface area contributed by atoms with Gasteiger partial charge in [0.05, 0.1) is 19.9 Å². The minimum absolute atomic E-state index is 0.342. The summed E-state index contributed by atoms with van der Waals surface area (Å²) in [5, 5.41) is 9.72. The van der Waals surface area contributed by atoms with E-state index in [0.717, 1.165) is 0 Å². The minimum Gasteiger partial charge on any atom is -0.493 e. The predicted molar refractivity (Wildman–Crippen MR) is 57.9 cm³/mol. The molecule has 86 valence electrons. The highest BCUT2D eigenvalue weighted by Gasteiger charge is 2.34. The number of hydrogen-bond donors (Lipinski definition) is 1. The van der Waals surface area contributed by atoms with Gasteiger partial charge in [-0.25, -0.2) is 0 Å². The quantitative estimate of drug-likeness (QED) is 0.802. The summed E-state index contributed by atoms with van der Waals surface area (Å²) in [5.74, 6) is 0.698. The highest BCUT2D eigenvalue weighted by atomic mass is 16.5. The summed E-state index contributed by atoms with van der Waals surface area (Å²) in [6.07, 6.45) is -1.11. The maximum Gasteiger partial charge on any atom is 0.260 e. The molecule has 1 aliphatic heterocycles. The molecule has 0 saturated heterocycles. The molecule has 0 bridgehead atoms. The summed E-state index contributed by atoms with van der Waals surface area (Å²) in [5.41, 5.74) is 1.19. The summed E-state index contributed by atoms with van der Waals surface area (Å²) in [6, 6.07) is 3.31. The number of carbonyl (C=O) groups is 1. The molecule has 0 saturated carbocycles. The minimum atomic E-state index is -1.11. The third-order valence-corrected chi connectivity index (χ3v) is 2.75. The summed E-state index contributed by atoms with van der Waals surface area (Å²) in [6.45, 7) is 0. The maximum atomic E-state index is 11.6. The van der Waals surface area contributed by atoms with Gasteiger partial charge in [-0.05, 0) is 6.07 Å². The molecule has 0 fully saturated rings. The molecule has 0 spiro atoms. The Balaban J connectivity index is 2.59. The van der Waals surface area contributed by atoms with E-state index in [9.17, 15) is 9.90 Å². The second-order valence-corrected chi connectivity index (χ2v) is 3.57. The molecule has 1 heterocycles. The van der Waals surface area contributed by atoms with Crippen LogP contribution in [0.2, 0.25) is 0 Å². The Labute approximate surface area is 93.2 Å². The molecule has 1 aliphatic rings. The molecule has 0 radical (unpaired) electrons. The molecule has 5 heteroatoms. The Morgan fingerprint density at radius 2 is 1.81 bits per heavy atom. The zero-order valence-corrected chi connectivity index (χ0v) is 9.35. The van der Waals surface area contributed by atoms with E-state index in [1.54, 1.807) is 19.2 Å². The Morgan fingerprint density at radius 1 is 1.25 bits per heavy atom. The number of aliphatic hydroxyl groups is 1. The molecule has 16 heavy (non-hydrogen) atoms. The van der Waals surface area contributed by atoms with Gasteiger partial charge < -0.3 is 19.5 Å². The lowest BCUT2D eigenvalue weighted by Gasteiger charge is -2.13. The number of likely N-dealkylation sites (N-methyl/N-ethyl adjacent to an activating group) is 1. The van der Waals surface area contributed by atoms with Crippen molar-refractivity contribution in [2.45, 2.75) is 6.10 Å². The van der Waals surface area contributed by atoms with Gasteiger partial charge in [-0.15, -0.1) is 0 Å². The number of nitrogens with zero attached hydrogens (tertiary/aromatic N) is 1. The molecular formula is C11H13NO4. The number of amides is 1. The molecule has 1 aromatic rings. The van der Waals surface area contributed by atoms with Crippen LogP contribution in [0.4, 0.5) is 5.69 Å². The molecular weight excluding hydrogens is 210 g/mol. The van der Waals surface area contributed by atoms with E-state index in [4.69, 9.17) is 9.47 Å². The fraction of sp³-hybridized carbons (Fsp3) is 0.364. The van der Waals surface area contributed by atoms with Crippen LogP contribution >= 0.6 is 0 Å². The topological polar surface area (TPSA) is 59.0 Å². The summed E-state index contributed by atoms with van der Waals surface area (Å²) >= 11 is 0. The Morgan fingerprint density at radius 3 is 2.38 bits per heavy atom. The van der Waals surface area contributed by atoms with Gasteiger partial charge in [0.25, 0.3) is 5.91 Å². The van der Waals surface area contributed by atoms with Gasteiger partial charge in [-0.1, -0.05) is 0 Å². The lowest BCUT2D eigenvalue weighted by molar-refractivity contribution is -0.125. The summed E-state index contributed by atoms with van der Waals surface area (Å²) in [4.78, 5) is 13.0. The van der Waals surface area contributed by atoms with Gasteiger partial charge in [0, 0.05) is 18.7 Å². The van der Waals surface area contributed by atoms with Gasteiger partial charge in [-0.3, -0.25) is 4.79 Å². The number of methoxy groups -OCH3 is 2. The monoisotopic (exact) mass is 223 g/mol. The van der Waals surface area contributed by atoms with Crippen molar-refractivity contribution in [1.82, 2.24) is 0 Å². The van der Waals surface area contributed by atoms with Crippen LogP contribution in [-0.4, -0.2) is 32.3 Å². The Hall–Kier alpha value is -1.75. The lowest BCUT2D eigenvalue weighted by Crippen LogP contribution is -2.23. The number of carbonyl (C=O) groups excluding carboxylic acids is 1. The largest absolute Gasteiger partial charge is 0.493 e. The number of anilines is 1. The second-order valence-electron chi connectivity index (χ2n) is 3.57.